The molecule has 0 spiro atoms. The molecule has 0 bridgehead atoms. The fourth-order valence-corrected chi connectivity index (χ4v) is 3.05. The lowest BCUT2D eigenvalue weighted by molar-refractivity contribution is -0.122. The minimum absolute atomic E-state index is 0.250. The lowest BCUT2D eigenvalue weighted by Crippen LogP contribution is -2.07. The molecule has 4 rings (SSSR count). The minimum Gasteiger partial charge on any atom is -0.483 e. The van der Waals surface area contributed by atoms with Crippen molar-refractivity contribution in [3.8, 4) is 22.8 Å². The lowest BCUT2D eigenvalue weighted by Gasteiger charge is -2.11. The number of hydrogen-bond acceptors (Lipinski definition) is 4. The fourth-order valence-electron chi connectivity index (χ4n) is 3.05. The molecule has 0 aliphatic rings. The van der Waals surface area contributed by atoms with E-state index in [1.54, 1.807) is 24.5 Å². The van der Waals surface area contributed by atoms with Crippen LogP contribution in [0.15, 0.2) is 55.4 Å². The second-order valence-corrected chi connectivity index (χ2v) is 6.07. The van der Waals surface area contributed by atoms with Crippen LogP contribution >= 0.6 is 0 Å². The number of aromatic nitrogens is 6. The third-order valence-electron chi connectivity index (χ3n) is 4.37. The second kappa shape index (κ2) is 9.45. The molecule has 0 fully saturated rings. The largest absolute Gasteiger partial charge is 0.483 e. The van der Waals surface area contributed by atoms with Gasteiger partial charge in [-0.25, -0.2) is 19.3 Å². The Morgan fingerprint density at radius 3 is 2.55 bits per heavy atom. The van der Waals surface area contributed by atoms with E-state index in [2.05, 4.69) is 36.0 Å². The molecule has 0 unspecified atom stereocenters. The van der Waals surface area contributed by atoms with Crippen LogP contribution in [-0.2, 0) is 24.3 Å². The van der Waals surface area contributed by atoms with Crippen LogP contribution in [0.3, 0.4) is 0 Å². The minimum atomic E-state index is -0.261. The van der Waals surface area contributed by atoms with Gasteiger partial charge in [-0.3, -0.25) is 4.79 Å². The maximum Gasteiger partial charge on any atom is 0.290 e. The monoisotopic (exact) mass is 396 g/mol. The topological polar surface area (TPSA) is 102 Å². The van der Waals surface area contributed by atoms with E-state index in [9.17, 15) is 4.39 Å². The Kier molecular flexibility index (Phi) is 6.51. The molecule has 0 aliphatic heterocycles. The van der Waals surface area contributed by atoms with Gasteiger partial charge in [-0.2, -0.15) is 0 Å². The standard InChI is InChI=1S/C19H19FN6.CH2O2/c1-2-25-12-10-23-19(25)18-17(14-3-5-15(20)6-4-14)24-13-26(18)11-7-16-21-8-9-22-16;2-1-3/h3-6,8-10,12-13H,2,7,11H2,1H3,(H,21,22);1H,(H,2,3). The summed E-state index contributed by atoms with van der Waals surface area (Å²) >= 11 is 0. The summed E-state index contributed by atoms with van der Waals surface area (Å²) in [5.41, 5.74) is 2.59. The first-order chi connectivity index (χ1) is 14.2. The van der Waals surface area contributed by atoms with E-state index >= 15 is 0 Å². The molecule has 0 amide bonds. The maximum atomic E-state index is 13.3. The van der Waals surface area contributed by atoms with Crippen LogP contribution in [-0.4, -0.2) is 40.6 Å². The number of nitrogens with one attached hydrogen (secondary N) is 1. The number of rotatable bonds is 6. The van der Waals surface area contributed by atoms with Gasteiger partial charge in [0.2, 0.25) is 0 Å². The number of aromatic amines is 1. The summed E-state index contributed by atoms with van der Waals surface area (Å²) in [5.74, 6) is 1.51. The van der Waals surface area contributed by atoms with Crippen LogP contribution in [0.2, 0.25) is 0 Å². The molecular weight excluding hydrogens is 375 g/mol. The van der Waals surface area contributed by atoms with Gasteiger partial charge in [0.25, 0.3) is 6.47 Å². The summed E-state index contributed by atoms with van der Waals surface area (Å²) in [7, 11) is 0. The highest BCUT2D eigenvalue weighted by atomic mass is 19.1. The molecule has 8 nitrogen and oxygen atoms in total. The Hall–Kier alpha value is -3.75. The molecule has 0 saturated heterocycles. The van der Waals surface area contributed by atoms with Crippen molar-refractivity contribution in [1.82, 2.24) is 29.1 Å². The van der Waals surface area contributed by atoms with Gasteiger partial charge in [-0.15, -0.1) is 0 Å². The van der Waals surface area contributed by atoms with Crippen molar-refractivity contribution in [3.05, 3.63) is 67.0 Å². The van der Waals surface area contributed by atoms with Crippen LogP contribution in [0.4, 0.5) is 4.39 Å². The third kappa shape index (κ3) is 4.57. The van der Waals surface area contributed by atoms with Crippen molar-refractivity contribution in [2.75, 3.05) is 0 Å². The quantitative estimate of drug-likeness (QED) is 0.487. The van der Waals surface area contributed by atoms with Crippen molar-refractivity contribution in [2.24, 2.45) is 0 Å². The summed E-state index contributed by atoms with van der Waals surface area (Å²) < 4.78 is 17.5. The van der Waals surface area contributed by atoms with Gasteiger partial charge in [0.05, 0.1) is 12.0 Å². The van der Waals surface area contributed by atoms with Crippen LogP contribution in [0.5, 0.6) is 0 Å². The smallest absolute Gasteiger partial charge is 0.290 e. The van der Waals surface area contributed by atoms with Gasteiger partial charge in [0, 0.05) is 49.9 Å². The van der Waals surface area contributed by atoms with Gasteiger partial charge in [-0.1, -0.05) is 0 Å². The molecule has 0 aliphatic carbocycles. The number of H-pyrrole nitrogens is 1. The Balaban J connectivity index is 0.000000755. The fraction of sp³-hybridized carbons (Fsp3) is 0.200. The summed E-state index contributed by atoms with van der Waals surface area (Å²) in [6.07, 6.45) is 9.87. The van der Waals surface area contributed by atoms with E-state index in [1.807, 2.05) is 18.7 Å². The van der Waals surface area contributed by atoms with Crippen molar-refractivity contribution in [3.63, 3.8) is 0 Å². The molecule has 0 radical (unpaired) electrons. The van der Waals surface area contributed by atoms with Crippen LogP contribution in [0.25, 0.3) is 22.8 Å². The summed E-state index contributed by atoms with van der Waals surface area (Å²) in [6, 6.07) is 6.40. The third-order valence-corrected chi connectivity index (χ3v) is 4.37. The highest BCUT2D eigenvalue weighted by molar-refractivity contribution is 5.75. The SMILES string of the molecule is CCn1ccnc1-c1c(-c2ccc(F)cc2)ncn1CCc1ncc[nH]1.O=CO. The highest BCUT2D eigenvalue weighted by Gasteiger charge is 2.19. The Labute approximate surface area is 166 Å². The second-order valence-electron chi connectivity index (χ2n) is 6.07. The predicted molar refractivity (Wildman–Crippen MR) is 106 cm³/mol. The van der Waals surface area contributed by atoms with Gasteiger partial charge in [0.1, 0.15) is 17.3 Å². The first kappa shape index (κ1) is 20.0. The number of imidazole rings is 3. The van der Waals surface area contributed by atoms with Crippen LogP contribution in [0.1, 0.15) is 12.7 Å². The normalized spacial score (nSPS) is 10.4. The molecule has 1 aromatic carbocycles. The van der Waals surface area contributed by atoms with E-state index in [-0.39, 0.29) is 12.3 Å². The number of carbonyl (C=O) groups is 1. The van der Waals surface area contributed by atoms with Gasteiger partial charge in [-0.05, 0) is 31.2 Å². The lowest BCUT2D eigenvalue weighted by atomic mass is 10.1. The molecule has 9 heteroatoms. The van der Waals surface area contributed by atoms with E-state index in [1.165, 1.54) is 12.1 Å². The molecule has 29 heavy (non-hydrogen) atoms. The first-order valence-corrected chi connectivity index (χ1v) is 9.06. The molecule has 3 heterocycles. The van der Waals surface area contributed by atoms with Crippen molar-refractivity contribution >= 4 is 6.47 Å². The zero-order chi connectivity index (χ0) is 20.6. The van der Waals surface area contributed by atoms with Crippen LogP contribution < -0.4 is 0 Å². The molecule has 2 N–H and O–H groups in total. The number of benzene rings is 1. The van der Waals surface area contributed by atoms with E-state index in [0.29, 0.717) is 6.54 Å². The number of hydrogen-bond donors (Lipinski definition) is 2. The van der Waals surface area contributed by atoms with E-state index in [0.717, 1.165) is 41.6 Å². The average Bonchev–Trinajstić information content (AvgIpc) is 3.47. The van der Waals surface area contributed by atoms with Crippen LogP contribution in [0, 0.1) is 5.82 Å². The summed E-state index contributed by atoms with van der Waals surface area (Å²) in [6.45, 7) is 3.35. The number of halogens is 1. The van der Waals surface area contributed by atoms with Gasteiger partial charge >= 0.3 is 0 Å². The molecule has 0 atom stereocenters. The first-order valence-electron chi connectivity index (χ1n) is 9.06. The molecule has 3 aromatic heterocycles. The molecule has 4 aromatic rings. The average molecular weight is 396 g/mol. The Bertz CT molecular complexity index is 1040. The zero-order valence-corrected chi connectivity index (χ0v) is 15.9. The highest BCUT2D eigenvalue weighted by Crippen LogP contribution is 2.30. The van der Waals surface area contributed by atoms with E-state index in [4.69, 9.17) is 9.90 Å². The summed E-state index contributed by atoms with van der Waals surface area (Å²) in [4.78, 5) is 24.9. The number of carboxylic acid groups (broad SMARTS) is 1. The van der Waals surface area contributed by atoms with Crippen molar-refractivity contribution < 1.29 is 14.3 Å². The maximum absolute atomic E-state index is 13.3. The van der Waals surface area contributed by atoms with E-state index < -0.39 is 0 Å². The van der Waals surface area contributed by atoms with Gasteiger partial charge in [0.15, 0.2) is 5.82 Å². The Morgan fingerprint density at radius 2 is 1.90 bits per heavy atom. The Morgan fingerprint density at radius 1 is 1.14 bits per heavy atom. The predicted octanol–water partition coefficient (Wildman–Crippen LogP) is 3.24. The molecular formula is C20H21FN6O2. The molecule has 0 saturated carbocycles. The number of nitrogens with zero attached hydrogens (tertiary/aromatic N) is 5. The van der Waals surface area contributed by atoms with Crippen molar-refractivity contribution in [2.45, 2.75) is 26.4 Å². The molecule has 150 valence electrons. The van der Waals surface area contributed by atoms with Gasteiger partial charge < -0.3 is 19.2 Å². The van der Waals surface area contributed by atoms with Crippen molar-refractivity contribution in [1.29, 1.82) is 0 Å². The zero-order valence-electron chi connectivity index (χ0n) is 15.9. The summed E-state index contributed by atoms with van der Waals surface area (Å²) in [5, 5.41) is 6.89. The number of aryl methyl sites for hydroxylation is 3.